The Kier molecular flexibility index (Phi) is 3.99. The van der Waals surface area contributed by atoms with Crippen LogP contribution in [0, 0.1) is 0 Å². The van der Waals surface area contributed by atoms with E-state index in [0.717, 1.165) is 45.6 Å². The van der Waals surface area contributed by atoms with E-state index in [4.69, 9.17) is 0 Å². The van der Waals surface area contributed by atoms with Gasteiger partial charge in [0.05, 0.1) is 0 Å². The van der Waals surface area contributed by atoms with Gasteiger partial charge in [-0.25, -0.2) is 0 Å². The molecule has 2 heterocycles. The summed E-state index contributed by atoms with van der Waals surface area (Å²) >= 11 is 0. The minimum Gasteiger partial charge on any atom is -0.338 e. The van der Waals surface area contributed by atoms with Crippen LogP contribution in [0.3, 0.4) is 0 Å². The van der Waals surface area contributed by atoms with Crippen LogP contribution in [0.25, 0.3) is 0 Å². The average Bonchev–Trinajstić information content (AvgIpc) is 2.87. The van der Waals surface area contributed by atoms with E-state index < -0.39 is 0 Å². The Morgan fingerprint density at radius 2 is 1.94 bits per heavy atom. The normalized spacial score (nSPS) is 25.1. The van der Waals surface area contributed by atoms with E-state index in [9.17, 15) is 9.59 Å². The number of carbonyl (C=O) groups is 2. The SMILES string of the molecule is CCC(=O)N1CCCC1C(=O)N1CCNCC1. The predicted molar refractivity (Wildman–Crippen MR) is 64.5 cm³/mol. The summed E-state index contributed by atoms with van der Waals surface area (Å²) in [6, 6.07) is -0.194. The molecule has 0 spiro atoms. The highest BCUT2D eigenvalue weighted by Crippen LogP contribution is 2.20. The van der Waals surface area contributed by atoms with Gasteiger partial charge in [-0.1, -0.05) is 6.92 Å². The Balaban J connectivity index is 1.99. The van der Waals surface area contributed by atoms with Crippen molar-refractivity contribution in [3.63, 3.8) is 0 Å². The maximum Gasteiger partial charge on any atom is 0.245 e. The molecule has 1 N–H and O–H groups in total. The van der Waals surface area contributed by atoms with Gasteiger partial charge in [-0.05, 0) is 12.8 Å². The maximum atomic E-state index is 12.3. The molecule has 5 heteroatoms. The van der Waals surface area contributed by atoms with E-state index in [-0.39, 0.29) is 17.9 Å². The van der Waals surface area contributed by atoms with Crippen molar-refractivity contribution >= 4 is 11.8 Å². The number of piperazine rings is 1. The van der Waals surface area contributed by atoms with E-state index in [2.05, 4.69) is 5.32 Å². The molecular weight excluding hydrogens is 218 g/mol. The highest BCUT2D eigenvalue weighted by Gasteiger charge is 2.35. The number of likely N-dealkylation sites (tertiary alicyclic amines) is 1. The molecule has 2 aliphatic heterocycles. The minimum absolute atomic E-state index is 0.107. The smallest absolute Gasteiger partial charge is 0.245 e. The van der Waals surface area contributed by atoms with E-state index in [1.54, 1.807) is 4.90 Å². The van der Waals surface area contributed by atoms with Crippen LogP contribution < -0.4 is 5.32 Å². The molecule has 1 atom stereocenters. The molecule has 2 aliphatic rings. The lowest BCUT2D eigenvalue weighted by molar-refractivity contribution is -0.144. The summed E-state index contributed by atoms with van der Waals surface area (Å²) < 4.78 is 0. The van der Waals surface area contributed by atoms with Crippen LogP contribution in [0.2, 0.25) is 0 Å². The minimum atomic E-state index is -0.194. The highest BCUT2D eigenvalue weighted by molar-refractivity contribution is 5.88. The van der Waals surface area contributed by atoms with Crippen molar-refractivity contribution in [1.29, 1.82) is 0 Å². The summed E-state index contributed by atoms with van der Waals surface area (Å²) in [5.74, 6) is 0.252. The monoisotopic (exact) mass is 239 g/mol. The molecule has 0 aromatic rings. The van der Waals surface area contributed by atoms with Crippen molar-refractivity contribution in [2.24, 2.45) is 0 Å². The molecule has 2 fully saturated rings. The van der Waals surface area contributed by atoms with Crippen LogP contribution in [-0.2, 0) is 9.59 Å². The third-order valence-corrected chi connectivity index (χ3v) is 3.59. The second-order valence-electron chi connectivity index (χ2n) is 4.67. The number of hydrogen-bond acceptors (Lipinski definition) is 3. The number of carbonyl (C=O) groups excluding carboxylic acids is 2. The lowest BCUT2D eigenvalue weighted by Crippen LogP contribution is -2.53. The fourth-order valence-electron chi connectivity index (χ4n) is 2.62. The Bertz CT molecular complexity index is 300. The first-order valence-corrected chi connectivity index (χ1v) is 6.53. The van der Waals surface area contributed by atoms with Crippen LogP contribution in [0.1, 0.15) is 26.2 Å². The fourth-order valence-corrected chi connectivity index (χ4v) is 2.62. The summed E-state index contributed by atoms with van der Waals surface area (Å²) in [6.45, 7) is 5.86. The number of nitrogens with one attached hydrogen (secondary N) is 1. The summed E-state index contributed by atoms with van der Waals surface area (Å²) in [4.78, 5) is 27.7. The zero-order valence-corrected chi connectivity index (χ0v) is 10.4. The van der Waals surface area contributed by atoms with Crippen molar-refractivity contribution in [3.8, 4) is 0 Å². The topological polar surface area (TPSA) is 52.7 Å². The standard InChI is InChI=1S/C12H21N3O2/c1-2-11(16)15-7-3-4-10(15)12(17)14-8-5-13-6-9-14/h10,13H,2-9H2,1H3. The van der Waals surface area contributed by atoms with Crippen molar-refractivity contribution in [2.75, 3.05) is 32.7 Å². The van der Waals surface area contributed by atoms with Crippen LogP contribution in [-0.4, -0.2) is 60.4 Å². The number of amides is 2. The van der Waals surface area contributed by atoms with E-state index in [1.807, 2.05) is 11.8 Å². The van der Waals surface area contributed by atoms with Gasteiger partial charge >= 0.3 is 0 Å². The summed E-state index contributed by atoms with van der Waals surface area (Å²) in [5.41, 5.74) is 0. The third-order valence-electron chi connectivity index (χ3n) is 3.59. The number of rotatable bonds is 2. The molecule has 0 aromatic carbocycles. The fraction of sp³-hybridized carbons (Fsp3) is 0.833. The Hall–Kier alpha value is -1.10. The molecule has 2 rings (SSSR count). The van der Waals surface area contributed by atoms with Crippen LogP contribution in [0.4, 0.5) is 0 Å². The lowest BCUT2D eigenvalue weighted by atomic mass is 10.1. The molecule has 0 aliphatic carbocycles. The van der Waals surface area contributed by atoms with Crippen molar-refractivity contribution in [3.05, 3.63) is 0 Å². The zero-order valence-electron chi connectivity index (χ0n) is 10.4. The first kappa shape index (κ1) is 12.4. The first-order chi connectivity index (χ1) is 8.24. The zero-order chi connectivity index (χ0) is 12.3. The van der Waals surface area contributed by atoms with E-state index in [0.29, 0.717) is 6.42 Å². The Morgan fingerprint density at radius 1 is 1.24 bits per heavy atom. The van der Waals surface area contributed by atoms with Gasteiger partial charge in [-0.15, -0.1) is 0 Å². The van der Waals surface area contributed by atoms with Gasteiger partial charge in [-0.2, -0.15) is 0 Å². The van der Waals surface area contributed by atoms with Gasteiger partial charge < -0.3 is 15.1 Å². The Morgan fingerprint density at radius 3 is 2.59 bits per heavy atom. The van der Waals surface area contributed by atoms with E-state index in [1.165, 1.54) is 0 Å². The molecule has 2 saturated heterocycles. The van der Waals surface area contributed by atoms with Crippen LogP contribution in [0.15, 0.2) is 0 Å². The van der Waals surface area contributed by atoms with Crippen molar-refractivity contribution < 1.29 is 9.59 Å². The molecule has 17 heavy (non-hydrogen) atoms. The highest BCUT2D eigenvalue weighted by atomic mass is 16.2. The van der Waals surface area contributed by atoms with Crippen LogP contribution >= 0.6 is 0 Å². The van der Waals surface area contributed by atoms with Crippen LogP contribution in [0.5, 0.6) is 0 Å². The van der Waals surface area contributed by atoms with Gasteiger partial charge in [-0.3, -0.25) is 9.59 Å². The summed E-state index contributed by atoms with van der Waals surface area (Å²) in [7, 11) is 0. The molecule has 0 radical (unpaired) electrons. The molecule has 1 unspecified atom stereocenters. The third kappa shape index (κ3) is 2.60. The maximum absolute atomic E-state index is 12.3. The second kappa shape index (κ2) is 5.49. The second-order valence-corrected chi connectivity index (χ2v) is 4.67. The van der Waals surface area contributed by atoms with Gasteiger partial charge in [0, 0.05) is 39.1 Å². The lowest BCUT2D eigenvalue weighted by Gasteiger charge is -2.32. The van der Waals surface area contributed by atoms with Gasteiger partial charge in [0.1, 0.15) is 6.04 Å². The van der Waals surface area contributed by atoms with Gasteiger partial charge in [0.2, 0.25) is 11.8 Å². The quantitative estimate of drug-likeness (QED) is 0.727. The molecule has 0 aromatic heterocycles. The van der Waals surface area contributed by atoms with Crippen molar-refractivity contribution in [1.82, 2.24) is 15.1 Å². The molecule has 0 saturated carbocycles. The van der Waals surface area contributed by atoms with Gasteiger partial charge in [0.15, 0.2) is 0 Å². The van der Waals surface area contributed by atoms with Gasteiger partial charge in [0.25, 0.3) is 0 Å². The predicted octanol–water partition coefficient (Wildman–Crippen LogP) is -0.181. The molecular formula is C12H21N3O2. The summed E-state index contributed by atoms with van der Waals surface area (Å²) in [5, 5.41) is 3.23. The largest absolute Gasteiger partial charge is 0.338 e. The Labute approximate surface area is 102 Å². The summed E-state index contributed by atoms with van der Waals surface area (Å²) in [6.07, 6.45) is 2.27. The van der Waals surface area contributed by atoms with Crippen molar-refractivity contribution in [2.45, 2.75) is 32.2 Å². The number of hydrogen-bond donors (Lipinski definition) is 1. The first-order valence-electron chi connectivity index (χ1n) is 6.53. The van der Waals surface area contributed by atoms with E-state index >= 15 is 0 Å². The number of nitrogens with zero attached hydrogens (tertiary/aromatic N) is 2. The molecule has 5 nitrogen and oxygen atoms in total. The molecule has 96 valence electrons. The molecule has 2 amide bonds. The average molecular weight is 239 g/mol. The molecule has 0 bridgehead atoms.